The van der Waals surface area contributed by atoms with Crippen molar-refractivity contribution in [2.24, 2.45) is 0 Å². The summed E-state index contributed by atoms with van der Waals surface area (Å²) in [4.78, 5) is 11.3. The van der Waals surface area contributed by atoms with Gasteiger partial charge in [0.1, 0.15) is 5.75 Å². The van der Waals surface area contributed by atoms with Gasteiger partial charge in [0.15, 0.2) is 0 Å². The van der Waals surface area contributed by atoms with Gasteiger partial charge < -0.3 is 15.4 Å². The molecule has 1 amide bonds. The number of unbranched alkanes of at least 4 members (excludes halogenated alkanes) is 2. The first-order chi connectivity index (χ1) is 10.3. The van der Waals surface area contributed by atoms with Gasteiger partial charge in [0.25, 0.3) is 0 Å². The van der Waals surface area contributed by atoms with Crippen molar-refractivity contribution < 1.29 is 9.53 Å². The first-order valence-electron chi connectivity index (χ1n) is 7.95. The number of rotatable bonds is 11. The molecule has 0 fully saturated rings. The molecular formula is C17H28N2O2. The molecule has 21 heavy (non-hydrogen) atoms. The van der Waals surface area contributed by atoms with E-state index in [0.717, 1.165) is 25.3 Å². The van der Waals surface area contributed by atoms with Crippen LogP contribution >= 0.6 is 0 Å². The van der Waals surface area contributed by atoms with E-state index >= 15 is 0 Å². The van der Waals surface area contributed by atoms with Crippen LogP contribution in [0.3, 0.4) is 0 Å². The summed E-state index contributed by atoms with van der Waals surface area (Å²) in [6.07, 6.45) is 4.06. The average Bonchev–Trinajstić information content (AvgIpc) is 2.50. The third-order valence-electron chi connectivity index (χ3n) is 3.17. The lowest BCUT2D eigenvalue weighted by atomic mass is 10.2. The predicted octanol–water partition coefficient (Wildman–Crippen LogP) is 2.87. The molecule has 4 heteroatoms. The molecule has 4 nitrogen and oxygen atoms in total. The average molecular weight is 292 g/mol. The number of hydrogen-bond acceptors (Lipinski definition) is 3. The highest BCUT2D eigenvalue weighted by atomic mass is 16.5. The lowest BCUT2D eigenvalue weighted by Gasteiger charge is -2.08. The molecule has 1 aromatic rings. The number of nitrogens with one attached hydrogen (secondary N) is 2. The molecule has 0 unspecified atom stereocenters. The van der Waals surface area contributed by atoms with Crippen LogP contribution in [0.1, 0.15) is 45.1 Å². The smallest absolute Gasteiger partial charge is 0.221 e. The second-order valence-electron chi connectivity index (χ2n) is 5.08. The summed E-state index contributed by atoms with van der Waals surface area (Å²) < 4.78 is 5.67. The van der Waals surface area contributed by atoms with E-state index < -0.39 is 0 Å². The van der Waals surface area contributed by atoms with Crippen molar-refractivity contribution in [3.05, 3.63) is 29.8 Å². The quantitative estimate of drug-likeness (QED) is 0.617. The standard InChI is InChI=1S/C17H28N2O2/c1-3-5-6-13-21-16-9-7-15(8-10-16)14-18-12-11-17(20)19-4-2/h7-10,18H,3-6,11-14H2,1-2H3,(H,19,20). The van der Waals surface area contributed by atoms with E-state index in [1.54, 1.807) is 0 Å². The van der Waals surface area contributed by atoms with Crippen LogP contribution in [-0.2, 0) is 11.3 Å². The molecule has 0 saturated carbocycles. The van der Waals surface area contributed by atoms with Gasteiger partial charge in [-0.15, -0.1) is 0 Å². The second kappa shape index (κ2) is 11.1. The zero-order valence-electron chi connectivity index (χ0n) is 13.3. The van der Waals surface area contributed by atoms with Crippen molar-refractivity contribution in [3.8, 4) is 5.75 Å². The maximum atomic E-state index is 11.3. The van der Waals surface area contributed by atoms with Crippen LogP contribution in [0.4, 0.5) is 0 Å². The molecule has 0 aromatic heterocycles. The van der Waals surface area contributed by atoms with Crippen LogP contribution in [-0.4, -0.2) is 25.6 Å². The van der Waals surface area contributed by atoms with Crippen molar-refractivity contribution in [1.29, 1.82) is 0 Å². The number of carbonyl (C=O) groups excluding carboxylic acids is 1. The van der Waals surface area contributed by atoms with Crippen LogP contribution in [0, 0.1) is 0 Å². The summed E-state index contributed by atoms with van der Waals surface area (Å²) in [6.45, 7) is 7.07. The Kier molecular flexibility index (Phi) is 9.29. The summed E-state index contributed by atoms with van der Waals surface area (Å²) in [5.41, 5.74) is 1.20. The molecule has 0 radical (unpaired) electrons. The molecule has 0 heterocycles. The predicted molar refractivity (Wildman–Crippen MR) is 86.5 cm³/mol. The van der Waals surface area contributed by atoms with Crippen LogP contribution in [0.15, 0.2) is 24.3 Å². The maximum Gasteiger partial charge on any atom is 0.221 e. The summed E-state index contributed by atoms with van der Waals surface area (Å²) in [5, 5.41) is 6.05. The van der Waals surface area contributed by atoms with Crippen molar-refractivity contribution in [1.82, 2.24) is 10.6 Å². The molecule has 0 bridgehead atoms. The minimum atomic E-state index is 0.0980. The second-order valence-corrected chi connectivity index (χ2v) is 5.08. The van der Waals surface area contributed by atoms with Gasteiger partial charge in [0.2, 0.25) is 5.91 Å². The van der Waals surface area contributed by atoms with Crippen molar-refractivity contribution >= 4 is 5.91 Å². The molecule has 1 rings (SSSR count). The lowest BCUT2D eigenvalue weighted by Crippen LogP contribution is -2.27. The number of carbonyl (C=O) groups is 1. The molecular weight excluding hydrogens is 264 g/mol. The Morgan fingerprint density at radius 3 is 2.57 bits per heavy atom. The van der Waals surface area contributed by atoms with Gasteiger partial charge in [-0.1, -0.05) is 31.9 Å². The van der Waals surface area contributed by atoms with E-state index in [1.807, 2.05) is 19.1 Å². The van der Waals surface area contributed by atoms with Gasteiger partial charge >= 0.3 is 0 Å². The van der Waals surface area contributed by atoms with E-state index in [4.69, 9.17) is 4.74 Å². The van der Waals surface area contributed by atoms with Gasteiger partial charge in [-0.2, -0.15) is 0 Å². The number of benzene rings is 1. The van der Waals surface area contributed by atoms with Gasteiger partial charge in [-0.3, -0.25) is 4.79 Å². The van der Waals surface area contributed by atoms with Gasteiger partial charge in [-0.05, 0) is 31.0 Å². The van der Waals surface area contributed by atoms with E-state index in [1.165, 1.54) is 18.4 Å². The molecule has 2 N–H and O–H groups in total. The topological polar surface area (TPSA) is 50.4 Å². The Labute approximate surface area is 128 Å². The summed E-state index contributed by atoms with van der Waals surface area (Å²) in [7, 11) is 0. The first kappa shape index (κ1) is 17.5. The molecule has 0 spiro atoms. The highest BCUT2D eigenvalue weighted by Gasteiger charge is 1.99. The number of ether oxygens (including phenoxy) is 1. The summed E-state index contributed by atoms with van der Waals surface area (Å²) >= 11 is 0. The molecule has 1 aromatic carbocycles. The Morgan fingerprint density at radius 1 is 1.14 bits per heavy atom. The SMILES string of the molecule is CCCCCOc1ccc(CNCCC(=O)NCC)cc1. The fourth-order valence-electron chi connectivity index (χ4n) is 1.97. The molecule has 0 aliphatic heterocycles. The van der Waals surface area contributed by atoms with E-state index in [2.05, 4.69) is 29.7 Å². The third-order valence-corrected chi connectivity index (χ3v) is 3.17. The Balaban J connectivity index is 2.17. The van der Waals surface area contributed by atoms with Crippen LogP contribution in [0.2, 0.25) is 0 Å². The minimum absolute atomic E-state index is 0.0980. The lowest BCUT2D eigenvalue weighted by molar-refractivity contribution is -0.120. The van der Waals surface area contributed by atoms with E-state index in [-0.39, 0.29) is 5.91 Å². The Morgan fingerprint density at radius 2 is 1.90 bits per heavy atom. The van der Waals surface area contributed by atoms with Crippen molar-refractivity contribution in [3.63, 3.8) is 0 Å². The third kappa shape index (κ3) is 8.35. The summed E-state index contributed by atoms with van der Waals surface area (Å²) in [5.74, 6) is 1.03. The monoisotopic (exact) mass is 292 g/mol. The number of amides is 1. The van der Waals surface area contributed by atoms with Crippen molar-refractivity contribution in [2.75, 3.05) is 19.7 Å². The minimum Gasteiger partial charge on any atom is -0.494 e. The molecule has 118 valence electrons. The Hall–Kier alpha value is -1.55. The fraction of sp³-hybridized carbons (Fsp3) is 0.588. The highest BCUT2D eigenvalue weighted by molar-refractivity contribution is 5.75. The molecule has 0 saturated heterocycles. The van der Waals surface area contributed by atoms with Crippen LogP contribution in [0.5, 0.6) is 5.75 Å². The van der Waals surface area contributed by atoms with Crippen LogP contribution < -0.4 is 15.4 Å². The maximum absolute atomic E-state index is 11.3. The highest BCUT2D eigenvalue weighted by Crippen LogP contribution is 2.12. The van der Waals surface area contributed by atoms with Crippen LogP contribution in [0.25, 0.3) is 0 Å². The fourth-order valence-corrected chi connectivity index (χ4v) is 1.97. The normalized spacial score (nSPS) is 10.4. The molecule has 0 atom stereocenters. The largest absolute Gasteiger partial charge is 0.494 e. The van der Waals surface area contributed by atoms with Crippen molar-refractivity contribution in [2.45, 2.75) is 46.1 Å². The zero-order valence-corrected chi connectivity index (χ0v) is 13.3. The van der Waals surface area contributed by atoms with E-state index in [9.17, 15) is 4.79 Å². The summed E-state index contributed by atoms with van der Waals surface area (Å²) in [6, 6.07) is 8.14. The molecule has 0 aliphatic carbocycles. The van der Waals surface area contributed by atoms with Gasteiger partial charge in [0.05, 0.1) is 6.61 Å². The van der Waals surface area contributed by atoms with Gasteiger partial charge in [-0.25, -0.2) is 0 Å². The number of hydrogen-bond donors (Lipinski definition) is 2. The first-order valence-corrected chi connectivity index (χ1v) is 7.95. The zero-order chi connectivity index (χ0) is 15.3. The molecule has 0 aliphatic rings. The Bertz CT molecular complexity index is 390. The van der Waals surface area contributed by atoms with Gasteiger partial charge in [0, 0.05) is 26.1 Å². The van der Waals surface area contributed by atoms with E-state index in [0.29, 0.717) is 19.5 Å².